The van der Waals surface area contributed by atoms with Gasteiger partial charge in [-0.1, -0.05) is 23.2 Å². The number of H-pyrrole nitrogens is 1. The maximum atomic E-state index is 10.9. The van der Waals surface area contributed by atoms with E-state index < -0.39 is 4.92 Å². The Morgan fingerprint density at radius 3 is 2.52 bits per heavy atom. The molecule has 27 heavy (non-hydrogen) atoms. The van der Waals surface area contributed by atoms with E-state index in [1.165, 1.54) is 12.1 Å². The summed E-state index contributed by atoms with van der Waals surface area (Å²) in [5.41, 5.74) is 3.79. The van der Waals surface area contributed by atoms with Crippen molar-refractivity contribution in [1.29, 1.82) is 0 Å². The molecule has 0 aliphatic rings. The smallest absolute Gasteiger partial charge is 0.269 e. The van der Waals surface area contributed by atoms with Gasteiger partial charge in [0.2, 0.25) is 4.77 Å². The number of hydrogen-bond donors (Lipinski definition) is 1. The number of halogens is 2. The molecule has 0 fully saturated rings. The number of imidazole rings is 1. The van der Waals surface area contributed by atoms with Gasteiger partial charge < -0.3 is 4.98 Å². The van der Waals surface area contributed by atoms with Crippen LogP contribution in [0.5, 0.6) is 0 Å². The summed E-state index contributed by atoms with van der Waals surface area (Å²) in [5, 5.41) is 11.9. The fraction of sp³-hybridized carbons (Fsp3) is 0. The third kappa shape index (κ3) is 3.21. The molecule has 9 heteroatoms. The Morgan fingerprint density at radius 1 is 1.11 bits per heavy atom. The van der Waals surface area contributed by atoms with E-state index in [4.69, 9.17) is 35.4 Å². The molecular weight excluding hydrogens is 407 g/mol. The van der Waals surface area contributed by atoms with Crippen LogP contribution in [-0.4, -0.2) is 19.3 Å². The third-order valence-corrected chi connectivity index (χ3v) is 4.98. The quantitative estimate of drug-likeness (QED) is 0.254. The molecule has 4 rings (SSSR count). The van der Waals surface area contributed by atoms with Crippen LogP contribution in [0.15, 0.2) is 54.9 Å². The number of aromatic amines is 1. The highest BCUT2D eigenvalue weighted by atomic mass is 35.5. The van der Waals surface area contributed by atoms with Crippen LogP contribution in [0.1, 0.15) is 0 Å². The van der Waals surface area contributed by atoms with Crippen molar-refractivity contribution >= 4 is 46.8 Å². The van der Waals surface area contributed by atoms with E-state index >= 15 is 0 Å². The van der Waals surface area contributed by atoms with E-state index in [0.29, 0.717) is 20.5 Å². The largest absolute Gasteiger partial charge is 0.339 e. The van der Waals surface area contributed by atoms with Crippen LogP contribution in [0.25, 0.3) is 28.0 Å². The molecule has 4 aromatic rings. The van der Waals surface area contributed by atoms with Gasteiger partial charge in [0.1, 0.15) is 5.65 Å². The van der Waals surface area contributed by atoms with Gasteiger partial charge in [-0.15, -0.1) is 0 Å². The highest BCUT2D eigenvalue weighted by Gasteiger charge is 2.13. The number of nitrogens with one attached hydrogen (secondary N) is 1. The third-order valence-electron chi connectivity index (χ3n) is 4.13. The van der Waals surface area contributed by atoms with E-state index in [0.717, 1.165) is 22.4 Å². The summed E-state index contributed by atoms with van der Waals surface area (Å²) in [6.45, 7) is 0. The summed E-state index contributed by atoms with van der Waals surface area (Å²) in [6, 6.07) is 11.5. The molecule has 0 bridgehead atoms. The maximum Gasteiger partial charge on any atom is 0.269 e. The molecule has 0 amide bonds. The Kier molecular flexibility index (Phi) is 4.43. The molecule has 0 aliphatic carbocycles. The van der Waals surface area contributed by atoms with Crippen molar-refractivity contribution < 1.29 is 4.92 Å². The number of fused-ring (bicyclic) bond motifs is 1. The topological polar surface area (TPSA) is 76.2 Å². The summed E-state index contributed by atoms with van der Waals surface area (Å²) in [6.07, 6.45) is 3.46. The van der Waals surface area contributed by atoms with Crippen LogP contribution >= 0.6 is 35.4 Å². The summed E-state index contributed by atoms with van der Waals surface area (Å²) in [7, 11) is 0. The predicted octanol–water partition coefficient (Wildman–Crippen LogP) is 5.94. The van der Waals surface area contributed by atoms with Gasteiger partial charge in [0, 0.05) is 40.7 Å². The molecule has 0 spiro atoms. The first-order chi connectivity index (χ1) is 12.9. The number of benzene rings is 2. The normalized spacial score (nSPS) is 11.0. The number of nitro benzene ring substituents is 1. The van der Waals surface area contributed by atoms with Crippen LogP contribution in [0, 0.1) is 14.9 Å². The molecule has 2 aromatic heterocycles. The summed E-state index contributed by atoms with van der Waals surface area (Å²) in [4.78, 5) is 18.0. The summed E-state index contributed by atoms with van der Waals surface area (Å²) in [5.74, 6) is 0. The first-order valence-corrected chi connectivity index (χ1v) is 8.91. The van der Waals surface area contributed by atoms with E-state index in [1.807, 2.05) is 12.3 Å². The van der Waals surface area contributed by atoms with Gasteiger partial charge in [0.25, 0.3) is 5.69 Å². The number of hydrogen-bond acceptors (Lipinski definition) is 4. The number of non-ortho nitro benzene ring substituents is 1. The number of nitrogens with zero attached hydrogens (tertiary/aromatic N) is 3. The molecule has 6 nitrogen and oxygen atoms in total. The maximum absolute atomic E-state index is 10.9. The molecule has 2 aromatic carbocycles. The van der Waals surface area contributed by atoms with Crippen LogP contribution in [0.4, 0.5) is 5.69 Å². The van der Waals surface area contributed by atoms with E-state index in [2.05, 4.69) is 9.97 Å². The minimum Gasteiger partial charge on any atom is -0.339 e. The fourth-order valence-corrected chi connectivity index (χ4v) is 3.53. The lowest BCUT2D eigenvalue weighted by Crippen LogP contribution is -1.93. The Balaban J connectivity index is 1.90. The van der Waals surface area contributed by atoms with Crippen molar-refractivity contribution in [3.63, 3.8) is 0 Å². The Morgan fingerprint density at radius 2 is 1.85 bits per heavy atom. The van der Waals surface area contributed by atoms with Gasteiger partial charge in [-0.05, 0) is 48.1 Å². The fourth-order valence-electron chi connectivity index (χ4n) is 2.82. The molecule has 0 saturated heterocycles. The van der Waals surface area contributed by atoms with Crippen molar-refractivity contribution in [1.82, 2.24) is 14.4 Å². The first kappa shape index (κ1) is 17.7. The van der Waals surface area contributed by atoms with Gasteiger partial charge in [0.15, 0.2) is 0 Å². The van der Waals surface area contributed by atoms with Gasteiger partial charge in [-0.25, -0.2) is 4.98 Å². The van der Waals surface area contributed by atoms with E-state index in [-0.39, 0.29) is 5.69 Å². The molecule has 0 radical (unpaired) electrons. The molecule has 2 heterocycles. The predicted molar refractivity (Wildman–Crippen MR) is 108 cm³/mol. The minimum atomic E-state index is -0.437. The van der Waals surface area contributed by atoms with Crippen molar-refractivity contribution in [3.8, 4) is 22.4 Å². The molecular formula is C18H10Cl2N4O2S. The van der Waals surface area contributed by atoms with Gasteiger partial charge >= 0.3 is 0 Å². The molecule has 1 N–H and O–H groups in total. The first-order valence-electron chi connectivity index (χ1n) is 7.74. The molecule has 0 unspecified atom stereocenters. The number of rotatable bonds is 3. The summed E-state index contributed by atoms with van der Waals surface area (Å²) < 4.78 is 2.12. The average Bonchev–Trinajstić information content (AvgIpc) is 3.08. The van der Waals surface area contributed by atoms with Crippen LogP contribution in [-0.2, 0) is 0 Å². The zero-order valence-corrected chi connectivity index (χ0v) is 15.8. The zero-order chi connectivity index (χ0) is 19.1. The molecule has 0 atom stereocenters. The highest BCUT2D eigenvalue weighted by molar-refractivity contribution is 7.71. The van der Waals surface area contributed by atoms with Crippen molar-refractivity contribution in [2.24, 2.45) is 0 Å². The monoisotopic (exact) mass is 416 g/mol. The standard InChI is InChI=1S/C18H10Cl2N4O2S/c19-11-3-6-13(15(20)7-11)16-9-23-17(22-16)14(8-21-18(23)27)10-1-4-12(5-2-10)24(25)26/h1-9,22H. The highest BCUT2D eigenvalue weighted by Crippen LogP contribution is 2.32. The summed E-state index contributed by atoms with van der Waals surface area (Å²) >= 11 is 17.6. The average molecular weight is 417 g/mol. The number of nitro groups is 1. The lowest BCUT2D eigenvalue weighted by Gasteiger charge is -2.04. The number of aromatic nitrogens is 3. The zero-order valence-electron chi connectivity index (χ0n) is 13.5. The van der Waals surface area contributed by atoms with Crippen LogP contribution in [0.2, 0.25) is 10.0 Å². The van der Waals surface area contributed by atoms with E-state index in [9.17, 15) is 10.1 Å². The molecule has 0 saturated carbocycles. The van der Waals surface area contributed by atoms with E-state index in [1.54, 1.807) is 34.9 Å². The Bertz CT molecular complexity index is 1250. The van der Waals surface area contributed by atoms with Gasteiger partial charge in [0.05, 0.1) is 15.6 Å². The second-order valence-electron chi connectivity index (χ2n) is 5.77. The van der Waals surface area contributed by atoms with Crippen molar-refractivity contribution in [2.75, 3.05) is 0 Å². The minimum absolute atomic E-state index is 0.0237. The second kappa shape index (κ2) is 6.77. The van der Waals surface area contributed by atoms with Crippen molar-refractivity contribution in [3.05, 3.63) is 79.8 Å². The van der Waals surface area contributed by atoms with Crippen LogP contribution in [0.3, 0.4) is 0 Å². The molecule has 134 valence electrons. The second-order valence-corrected chi connectivity index (χ2v) is 6.98. The lowest BCUT2D eigenvalue weighted by atomic mass is 10.1. The molecule has 0 aliphatic heterocycles. The Labute approximate surface area is 168 Å². The van der Waals surface area contributed by atoms with Crippen molar-refractivity contribution in [2.45, 2.75) is 0 Å². The van der Waals surface area contributed by atoms with Crippen LogP contribution < -0.4 is 0 Å². The lowest BCUT2D eigenvalue weighted by molar-refractivity contribution is -0.384. The van der Waals surface area contributed by atoms with Gasteiger partial charge in [-0.2, -0.15) is 0 Å². The SMILES string of the molecule is O=[N+]([O-])c1ccc(-c2cnc(=S)n3cc(-c4ccc(Cl)cc4Cl)[nH]c23)cc1. The van der Waals surface area contributed by atoms with Gasteiger partial charge in [-0.3, -0.25) is 14.5 Å². The Hall–Kier alpha value is -2.74.